The SMILES string of the molecule is ClCc1cc(Cl)cc(Cl)c1.N#CCc1cc(Cl)cc(Cl)c1. The van der Waals surface area contributed by atoms with E-state index in [1.54, 1.807) is 36.4 Å². The number of halogens is 5. The van der Waals surface area contributed by atoms with Gasteiger partial charge in [-0.05, 0) is 47.5 Å². The molecule has 2 rings (SSSR count). The highest BCUT2D eigenvalue weighted by molar-refractivity contribution is 6.35. The Bertz CT molecular complexity index is 608. The zero-order chi connectivity index (χ0) is 15.8. The van der Waals surface area contributed by atoms with Crippen LogP contribution in [0, 0.1) is 11.3 Å². The van der Waals surface area contributed by atoms with Crippen LogP contribution in [0.5, 0.6) is 0 Å². The molecule has 0 aliphatic rings. The number of nitriles is 1. The average molecular weight is 382 g/mol. The fourth-order valence-corrected chi connectivity index (χ4v) is 2.79. The molecule has 0 N–H and O–H groups in total. The Morgan fingerprint density at radius 2 is 1.10 bits per heavy atom. The maximum atomic E-state index is 8.37. The summed E-state index contributed by atoms with van der Waals surface area (Å²) in [7, 11) is 0. The zero-order valence-corrected chi connectivity index (χ0v) is 14.5. The molecule has 0 unspecified atom stereocenters. The standard InChI is InChI=1S/C8H5Cl2N.C7H5Cl3/c9-7-3-6(1-2-11)4-8(10)5-7;8-4-5-1-6(9)3-7(10)2-5/h3-5H,1H2;1-3H,4H2. The summed E-state index contributed by atoms with van der Waals surface area (Å²) in [5, 5.41) is 10.8. The summed E-state index contributed by atoms with van der Waals surface area (Å²) in [6, 6.07) is 12.4. The fraction of sp³-hybridized carbons (Fsp3) is 0.133. The van der Waals surface area contributed by atoms with Gasteiger partial charge in [0.05, 0.1) is 12.5 Å². The molecule has 0 fully saturated rings. The molecule has 21 heavy (non-hydrogen) atoms. The Kier molecular flexibility index (Phi) is 8.26. The van der Waals surface area contributed by atoms with Crippen LogP contribution in [0.2, 0.25) is 20.1 Å². The molecule has 0 bridgehead atoms. The Morgan fingerprint density at radius 1 is 0.714 bits per heavy atom. The third-order valence-corrected chi connectivity index (χ3v) is 3.46. The zero-order valence-electron chi connectivity index (χ0n) is 10.7. The molecular formula is C15H10Cl5N. The first-order chi connectivity index (χ1) is 9.94. The molecule has 0 amide bonds. The molecule has 1 nitrogen and oxygen atoms in total. The Hall–Kier alpha value is -0.620. The van der Waals surface area contributed by atoms with Crippen LogP contribution in [-0.2, 0) is 12.3 Å². The van der Waals surface area contributed by atoms with E-state index in [4.69, 9.17) is 63.3 Å². The van der Waals surface area contributed by atoms with Crippen molar-refractivity contribution in [2.75, 3.05) is 0 Å². The van der Waals surface area contributed by atoms with Crippen LogP contribution in [0.15, 0.2) is 36.4 Å². The Labute approximate surface area is 148 Å². The second-order valence-electron chi connectivity index (χ2n) is 4.02. The topological polar surface area (TPSA) is 23.8 Å². The lowest BCUT2D eigenvalue weighted by atomic mass is 10.2. The van der Waals surface area contributed by atoms with E-state index in [-0.39, 0.29) is 0 Å². The van der Waals surface area contributed by atoms with Crippen molar-refractivity contribution in [1.82, 2.24) is 0 Å². The molecule has 0 saturated heterocycles. The van der Waals surface area contributed by atoms with Gasteiger partial charge in [0.1, 0.15) is 0 Å². The van der Waals surface area contributed by atoms with Gasteiger partial charge >= 0.3 is 0 Å². The lowest BCUT2D eigenvalue weighted by Crippen LogP contribution is -1.80. The maximum Gasteiger partial charge on any atom is 0.0669 e. The van der Waals surface area contributed by atoms with Gasteiger partial charge in [-0.15, -0.1) is 11.6 Å². The van der Waals surface area contributed by atoms with Crippen LogP contribution < -0.4 is 0 Å². The van der Waals surface area contributed by atoms with Gasteiger partial charge in [-0.2, -0.15) is 5.26 Å². The van der Waals surface area contributed by atoms with Gasteiger partial charge in [-0.3, -0.25) is 0 Å². The van der Waals surface area contributed by atoms with Gasteiger partial charge in [0, 0.05) is 26.0 Å². The number of alkyl halides is 1. The summed E-state index contributed by atoms with van der Waals surface area (Å²) in [5.41, 5.74) is 1.80. The maximum absolute atomic E-state index is 8.37. The van der Waals surface area contributed by atoms with Gasteiger partial charge in [0.25, 0.3) is 0 Å². The average Bonchev–Trinajstić information content (AvgIpc) is 2.37. The monoisotopic (exact) mass is 379 g/mol. The van der Waals surface area contributed by atoms with E-state index in [2.05, 4.69) is 0 Å². The van der Waals surface area contributed by atoms with Gasteiger partial charge < -0.3 is 0 Å². The molecule has 6 heteroatoms. The van der Waals surface area contributed by atoms with Crippen molar-refractivity contribution in [2.45, 2.75) is 12.3 Å². The van der Waals surface area contributed by atoms with Gasteiger partial charge in [-0.25, -0.2) is 0 Å². The van der Waals surface area contributed by atoms with Crippen LogP contribution in [-0.4, -0.2) is 0 Å². The Balaban J connectivity index is 0.000000211. The fourth-order valence-electron chi connectivity index (χ4n) is 1.49. The number of rotatable bonds is 2. The van der Waals surface area contributed by atoms with Crippen molar-refractivity contribution in [3.05, 3.63) is 67.6 Å². The van der Waals surface area contributed by atoms with Crippen LogP contribution in [0.4, 0.5) is 0 Å². The minimum absolute atomic E-state index is 0.347. The van der Waals surface area contributed by atoms with Gasteiger partial charge in [0.15, 0.2) is 0 Å². The molecule has 0 aromatic heterocycles. The summed E-state index contributed by atoms with van der Waals surface area (Å²) in [5.74, 6) is 0.445. The second kappa shape index (κ2) is 9.41. The minimum Gasteiger partial charge on any atom is -0.198 e. The summed E-state index contributed by atoms with van der Waals surface area (Å²) >= 11 is 28.3. The van der Waals surface area contributed by atoms with Crippen molar-refractivity contribution in [2.24, 2.45) is 0 Å². The molecule has 110 valence electrons. The number of benzene rings is 2. The molecule has 0 saturated carbocycles. The summed E-state index contributed by atoms with van der Waals surface area (Å²) < 4.78 is 0. The normalized spacial score (nSPS) is 9.52. The van der Waals surface area contributed by atoms with E-state index in [1.807, 2.05) is 6.07 Å². The predicted octanol–water partition coefficient (Wildman–Crippen LogP) is 6.79. The molecular weight excluding hydrogens is 371 g/mol. The van der Waals surface area contributed by atoms with E-state index in [0.717, 1.165) is 11.1 Å². The van der Waals surface area contributed by atoms with Crippen LogP contribution in [0.3, 0.4) is 0 Å². The minimum atomic E-state index is 0.347. The molecule has 2 aromatic carbocycles. The second-order valence-corrected chi connectivity index (χ2v) is 6.04. The number of hydrogen-bond donors (Lipinski definition) is 0. The first-order valence-electron chi connectivity index (χ1n) is 5.77. The van der Waals surface area contributed by atoms with E-state index < -0.39 is 0 Å². The van der Waals surface area contributed by atoms with Crippen molar-refractivity contribution in [3.63, 3.8) is 0 Å². The van der Waals surface area contributed by atoms with Crippen molar-refractivity contribution in [3.8, 4) is 6.07 Å². The molecule has 0 atom stereocenters. The third-order valence-electron chi connectivity index (χ3n) is 2.28. The van der Waals surface area contributed by atoms with E-state index in [1.165, 1.54) is 0 Å². The molecule has 0 heterocycles. The largest absolute Gasteiger partial charge is 0.198 e. The van der Waals surface area contributed by atoms with E-state index >= 15 is 0 Å². The number of hydrogen-bond acceptors (Lipinski definition) is 1. The highest BCUT2D eigenvalue weighted by atomic mass is 35.5. The third kappa shape index (κ3) is 7.27. The molecule has 2 aromatic rings. The lowest BCUT2D eigenvalue weighted by Gasteiger charge is -1.96. The molecule has 0 aliphatic heterocycles. The van der Waals surface area contributed by atoms with Crippen molar-refractivity contribution >= 4 is 58.0 Å². The summed E-state index contributed by atoms with van der Waals surface area (Å²) in [4.78, 5) is 0. The van der Waals surface area contributed by atoms with E-state index in [9.17, 15) is 0 Å². The van der Waals surface area contributed by atoms with Crippen molar-refractivity contribution in [1.29, 1.82) is 5.26 Å². The summed E-state index contributed by atoms with van der Waals surface area (Å²) in [6.45, 7) is 0. The number of nitrogens with zero attached hydrogens (tertiary/aromatic N) is 1. The first-order valence-corrected chi connectivity index (χ1v) is 7.82. The highest BCUT2D eigenvalue weighted by Gasteiger charge is 1.96. The smallest absolute Gasteiger partial charge is 0.0669 e. The van der Waals surface area contributed by atoms with Crippen LogP contribution >= 0.6 is 58.0 Å². The van der Waals surface area contributed by atoms with E-state index in [0.29, 0.717) is 32.4 Å². The van der Waals surface area contributed by atoms with Gasteiger partial charge in [0.2, 0.25) is 0 Å². The Morgan fingerprint density at radius 3 is 1.43 bits per heavy atom. The molecule has 0 spiro atoms. The lowest BCUT2D eigenvalue weighted by molar-refractivity contribution is 1.26. The van der Waals surface area contributed by atoms with Crippen molar-refractivity contribution < 1.29 is 0 Å². The molecule has 0 radical (unpaired) electrons. The predicted molar refractivity (Wildman–Crippen MR) is 91.8 cm³/mol. The summed E-state index contributed by atoms with van der Waals surface area (Å²) in [6.07, 6.45) is 0.347. The van der Waals surface area contributed by atoms with Crippen LogP contribution in [0.1, 0.15) is 11.1 Å². The molecule has 0 aliphatic carbocycles. The highest BCUT2D eigenvalue weighted by Crippen LogP contribution is 2.20. The van der Waals surface area contributed by atoms with Crippen LogP contribution in [0.25, 0.3) is 0 Å². The quantitative estimate of drug-likeness (QED) is 0.525. The first kappa shape index (κ1) is 18.4. The van der Waals surface area contributed by atoms with Gasteiger partial charge in [-0.1, -0.05) is 46.4 Å².